The lowest BCUT2D eigenvalue weighted by Gasteiger charge is -2.41. The molecule has 6 nitrogen and oxygen atoms in total. The van der Waals surface area contributed by atoms with Gasteiger partial charge in [-0.05, 0) is 38.8 Å². The first-order valence-electron chi connectivity index (χ1n) is 9.98. The van der Waals surface area contributed by atoms with Crippen LogP contribution >= 0.6 is 11.3 Å². The minimum absolute atomic E-state index is 0.104. The van der Waals surface area contributed by atoms with Crippen molar-refractivity contribution in [2.45, 2.75) is 38.8 Å². The number of hydrogen-bond donors (Lipinski definition) is 0. The van der Waals surface area contributed by atoms with Gasteiger partial charge in [0.2, 0.25) is 5.95 Å². The normalized spacial score (nSPS) is 20.9. The van der Waals surface area contributed by atoms with E-state index in [9.17, 15) is 4.79 Å². The first kappa shape index (κ1) is 18.2. The highest BCUT2D eigenvalue weighted by Gasteiger charge is 2.43. The van der Waals surface area contributed by atoms with Gasteiger partial charge in [0.25, 0.3) is 5.91 Å². The number of benzene rings is 1. The number of rotatable bonds is 3. The van der Waals surface area contributed by atoms with E-state index in [0.29, 0.717) is 13.1 Å². The average molecular weight is 406 g/mol. The third kappa shape index (κ3) is 3.29. The molecule has 0 aliphatic carbocycles. The van der Waals surface area contributed by atoms with Crippen molar-refractivity contribution in [3.63, 3.8) is 0 Å². The summed E-state index contributed by atoms with van der Waals surface area (Å²) in [5, 5.41) is 0. The summed E-state index contributed by atoms with van der Waals surface area (Å²) >= 11 is 1.56. The van der Waals surface area contributed by atoms with E-state index in [1.54, 1.807) is 16.8 Å². The molecule has 0 N–H and O–H groups in total. The van der Waals surface area contributed by atoms with Gasteiger partial charge in [0, 0.05) is 53.9 Å². The summed E-state index contributed by atoms with van der Waals surface area (Å²) in [6.45, 7) is 5.44. The number of aromatic nitrogens is 3. The van der Waals surface area contributed by atoms with Crippen molar-refractivity contribution in [2.24, 2.45) is 0 Å². The average Bonchev–Trinajstić information content (AvgIpc) is 3.33. The molecule has 148 valence electrons. The molecule has 2 aliphatic rings. The van der Waals surface area contributed by atoms with Gasteiger partial charge in [-0.25, -0.2) is 9.97 Å². The number of carbonyl (C=O) groups excluding carboxylic acids is 1. The van der Waals surface area contributed by atoms with E-state index in [4.69, 9.17) is 0 Å². The van der Waals surface area contributed by atoms with Crippen molar-refractivity contribution in [3.8, 4) is 10.4 Å². The summed E-state index contributed by atoms with van der Waals surface area (Å²) in [6.07, 6.45) is 3.97. The maximum atomic E-state index is 13.4. The predicted octanol–water partition coefficient (Wildman–Crippen LogP) is 3.71. The molecule has 2 fully saturated rings. The van der Waals surface area contributed by atoms with Crippen molar-refractivity contribution in [1.29, 1.82) is 0 Å². The van der Waals surface area contributed by atoms with Gasteiger partial charge in [0.15, 0.2) is 0 Å². The van der Waals surface area contributed by atoms with Gasteiger partial charge >= 0.3 is 0 Å². The summed E-state index contributed by atoms with van der Waals surface area (Å²) in [7, 11) is 0. The molecule has 0 saturated carbocycles. The summed E-state index contributed by atoms with van der Waals surface area (Å²) in [5.41, 5.74) is 5.51. The Kier molecular flexibility index (Phi) is 4.54. The zero-order valence-corrected chi connectivity index (χ0v) is 17.4. The summed E-state index contributed by atoms with van der Waals surface area (Å²) in [6, 6.07) is 10.4. The zero-order chi connectivity index (χ0) is 20.0. The number of amides is 1. The standard InChI is InChI=1S/C22H23N5OS/c1-14-9-15(2)25-22(24-14)27-16-7-8-17(27)12-26(11-16)21(28)19-6-4-3-5-18(19)20-10-23-13-29-20/h3-6,9-10,13,16-17H,7-8,11-12H2,1-2H3. The van der Waals surface area contributed by atoms with E-state index in [1.165, 1.54) is 0 Å². The molecule has 2 bridgehead atoms. The van der Waals surface area contributed by atoms with Crippen molar-refractivity contribution in [3.05, 3.63) is 59.0 Å². The van der Waals surface area contributed by atoms with Crippen molar-refractivity contribution < 1.29 is 4.79 Å². The monoisotopic (exact) mass is 405 g/mol. The van der Waals surface area contributed by atoms with E-state index in [-0.39, 0.29) is 18.0 Å². The maximum Gasteiger partial charge on any atom is 0.254 e. The molecule has 7 heteroatoms. The van der Waals surface area contributed by atoms with Gasteiger partial charge < -0.3 is 9.80 Å². The second-order valence-corrected chi connectivity index (χ2v) is 8.75. The van der Waals surface area contributed by atoms with Gasteiger partial charge in [0.05, 0.1) is 10.4 Å². The molecule has 2 aliphatic heterocycles. The van der Waals surface area contributed by atoms with Crippen LogP contribution in [0, 0.1) is 13.8 Å². The number of aryl methyl sites for hydroxylation is 2. The van der Waals surface area contributed by atoms with Gasteiger partial charge in [-0.15, -0.1) is 11.3 Å². The number of likely N-dealkylation sites (tertiary alicyclic amines) is 1. The summed E-state index contributed by atoms with van der Waals surface area (Å²) in [4.78, 5) is 32.4. The Morgan fingerprint density at radius 1 is 1.07 bits per heavy atom. The summed E-state index contributed by atoms with van der Waals surface area (Å²) < 4.78 is 0. The SMILES string of the molecule is Cc1cc(C)nc(N2C3CCC2CN(C(=O)c2ccccc2-c2cncs2)C3)n1. The Balaban J connectivity index is 1.41. The van der Waals surface area contributed by atoms with E-state index in [0.717, 1.165) is 46.2 Å². The van der Waals surface area contributed by atoms with Crippen LogP contribution in [-0.4, -0.2) is 50.9 Å². The lowest BCUT2D eigenvalue weighted by Crippen LogP contribution is -2.56. The molecule has 5 rings (SSSR count). The Labute approximate surface area is 174 Å². The van der Waals surface area contributed by atoms with Gasteiger partial charge in [-0.2, -0.15) is 0 Å². The molecule has 29 heavy (non-hydrogen) atoms. The Hall–Kier alpha value is -2.80. The molecule has 0 spiro atoms. The first-order chi connectivity index (χ1) is 14.1. The van der Waals surface area contributed by atoms with Crippen molar-refractivity contribution in [1.82, 2.24) is 19.9 Å². The molecular weight excluding hydrogens is 382 g/mol. The summed E-state index contributed by atoms with van der Waals surface area (Å²) in [5.74, 6) is 0.916. The highest BCUT2D eigenvalue weighted by molar-refractivity contribution is 7.13. The van der Waals surface area contributed by atoms with Crippen LogP contribution in [0.4, 0.5) is 5.95 Å². The Bertz CT molecular complexity index is 1020. The molecule has 2 saturated heterocycles. The topological polar surface area (TPSA) is 62.2 Å². The number of piperazine rings is 1. The molecule has 2 atom stereocenters. The van der Waals surface area contributed by atoms with Crippen LogP contribution in [0.1, 0.15) is 34.6 Å². The fraction of sp³-hybridized carbons (Fsp3) is 0.364. The van der Waals surface area contributed by atoms with Crippen LogP contribution in [0.3, 0.4) is 0 Å². The lowest BCUT2D eigenvalue weighted by molar-refractivity contribution is 0.0717. The highest BCUT2D eigenvalue weighted by Crippen LogP contribution is 2.35. The zero-order valence-electron chi connectivity index (χ0n) is 16.6. The number of anilines is 1. The van der Waals surface area contributed by atoms with Crippen molar-refractivity contribution >= 4 is 23.2 Å². The fourth-order valence-electron chi connectivity index (χ4n) is 4.62. The number of hydrogen-bond acceptors (Lipinski definition) is 6. The molecule has 3 aromatic rings. The van der Waals surface area contributed by atoms with Crippen LogP contribution in [0.15, 0.2) is 42.0 Å². The van der Waals surface area contributed by atoms with Crippen LogP contribution in [0.5, 0.6) is 0 Å². The number of carbonyl (C=O) groups is 1. The second-order valence-electron chi connectivity index (χ2n) is 7.86. The predicted molar refractivity (Wildman–Crippen MR) is 114 cm³/mol. The van der Waals surface area contributed by atoms with Crippen LogP contribution < -0.4 is 4.90 Å². The lowest BCUT2D eigenvalue weighted by atomic mass is 10.0. The van der Waals surface area contributed by atoms with E-state index in [2.05, 4.69) is 19.9 Å². The van der Waals surface area contributed by atoms with E-state index < -0.39 is 0 Å². The minimum Gasteiger partial charge on any atom is -0.334 e. The van der Waals surface area contributed by atoms with Gasteiger partial charge in [-0.1, -0.05) is 18.2 Å². The first-order valence-corrected chi connectivity index (χ1v) is 10.9. The Morgan fingerprint density at radius 3 is 2.41 bits per heavy atom. The third-order valence-electron chi connectivity index (χ3n) is 5.83. The van der Waals surface area contributed by atoms with Crippen LogP contribution in [0.2, 0.25) is 0 Å². The fourth-order valence-corrected chi connectivity index (χ4v) is 5.28. The molecule has 2 unspecified atom stereocenters. The molecule has 1 amide bonds. The molecule has 0 radical (unpaired) electrons. The molecule has 1 aromatic carbocycles. The quantitative estimate of drug-likeness (QED) is 0.665. The number of thiazole rings is 1. The van der Waals surface area contributed by atoms with Crippen molar-refractivity contribution in [2.75, 3.05) is 18.0 Å². The van der Waals surface area contributed by atoms with Gasteiger partial charge in [-0.3, -0.25) is 9.78 Å². The second kappa shape index (κ2) is 7.22. The molecule has 2 aromatic heterocycles. The highest BCUT2D eigenvalue weighted by atomic mass is 32.1. The Morgan fingerprint density at radius 2 is 1.76 bits per heavy atom. The van der Waals surface area contributed by atoms with E-state index in [1.807, 2.05) is 55.3 Å². The van der Waals surface area contributed by atoms with Crippen LogP contribution in [0.25, 0.3) is 10.4 Å². The number of nitrogens with zero attached hydrogens (tertiary/aromatic N) is 5. The minimum atomic E-state index is 0.104. The maximum absolute atomic E-state index is 13.4. The van der Waals surface area contributed by atoms with E-state index >= 15 is 0 Å². The smallest absolute Gasteiger partial charge is 0.254 e. The van der Waals surface area contributed by atoms with Crippen LogP contribution in [-0.2, 0) is 0 Å². The largest absolute Gasteiger partial charge is 0.334 e. The van der Waals surface area contributed by atoms with Gasteiger partial charge in [0.1, 0.15) is 0 Å². The third-order valence-corrected chi connectivity index (χ3v) is 6.63. The molecular formula is C22H23N5OS. The number of fused-ring (bicyclic) bond motifs is 2. The molecule has 4 heterocycles.